The highest BCUT2D eigenvalue weighted by atomic mass is 16.5. The summed E-state index contributed by atoms with van der Waals surface area (Å²) in [5.74, 6) is 0.470. The van der Waals surface area contributed by atoms with Crippen molar-refractivity contribution in [3.63, 3.8) is 0 Å². The molecule has 0 saturated carbocycles. The summed E-state index contributed by atoms with van der Waals surface area (Å²) in [6.45, 7) is 2.00. The minimum absolute atomic E-state index is 0.0341. The predicted molar refractivity (Wildman–Crippen MR) is 114 cm³/mol. The highest BCUT2D eigenvalue weighted by Crippen LogP contribution is 2.39. The number of rotatable bonds is 5. The Morgan fingerprint density at radius 1 is 1.17 bits per heavy atom. The van der Waals surface area contributed by atoms with Gasteiger partial charge in [0.1, 0.15) is 0 Å². The van der Waals surface area contributed by atoms with Gasteiger partial charge in [0, 0.05) is 35.5 Å². The van der Waals surface area contributed by atoms with E-state index in [-0.39, 0.29) is 24.0 Å². The number of aryl methyl sites for hydroxylation is 1. The number of anilines is 3. The lowest BCUT2D eigenvalue weighted by molar-refractivity contribution is -0.121. The molecule has 7 nitrogen and oxygen atoms in total. The summed E-state index contributed by atoms with van der Waals surface area (Å²) < 4.78 is 5.82. The van der Waals surface area contributed by atoms with Crippen LogP contribution in [0.2, 0.25) is 0 Å². The molecule has 2 fully saturated rings. The van der Waals surface area contributed by atoms with E-state index < -0.39 is 0 Å². The van der Waals surface area contributed by atoms with Crippen LogP contribution in [0.1, 0.15) is 24.8 Å². The van der Waals surface area contributed by atoms with Gasteiger partial charge in [-0.2, -0.15) is 0 Å². The molecule has 2 aliphatic heterocycles. The normalized spacial score (nSPS) is 22.1. The molecule has 2 aromatic heterocycles. The van der Waals surface area contributed by atoms with E-state index >= 15 is 0 Å². The van der Waals surface area contributed by atoms with Crippen molar-refractivity contribution in [1.29, 1.82) is 0 Å². The second kappa shape index (κ2) is 7.84. The number of pyridine rings is 1. The van der Waals surface area contributed by atoms with E-state index in [1.165, 1.54) is 0 Å². The number of hydrogen-bond acceptors (Lipinski definition) is 6. The fourth-order valence-electron chi connectivity index (χ4n) is 4.20. The predicted octanol–water partition coefficient (Wildman–Crippen LogP) is 4.10. The summed E-state index contributed by atoms with van der Waals surface area (Å²) >= 11 is 0. The van der Waals surface area contributed by atoms with Gasteiger partial charge >= 0.3 is 0 Å². The molecule has 1 aromatic carbocycles. The third-order valence-electron chi connectivity index (χ3n) is 5.81. The maximum atomic E-state index is 12.7. The molecule has 0 aliphatic carbocycles. The maximum absolute atomic E-state index is 12.7. The van der Waals surface area contributed by atoms with Crippen LogP contribution in [-0.2, 0) is 9.53 Å². The highest BCUT2D eigenvalue weighted by Gasteiger charge is 2.44. The lowest BCUT2D eigenvalue weighted by Gasteiger charge is -2.18. The average Bonchev–Trinajstić information content (AvgIpc) is 3.41. The van der Waals surface area contributed by atoms with Crippen LogP contribution >= 0.6 is 0 Å². The monoisotopic (exact) mass is 401 g/mol. The smallest absolute Gasteiger partial charge is 0.230 e. The molecule has 30 heavy (non-hydrogen) atoms. The lowest BCUT2D eigenvalue weighted by atomic mass is 9.88. The second-order valence-corrected chi connectivity index (χ2v) is 7.87. The summed E-state index contributed by atoms with van der Waals surface area (Å²) in [6.07, 6.45) is 8.42. The van der Waals surface area contributed by atoms with Gasteiger partial charge in [-0.1, -0.05) is 6.07 Å². The van der Waals surface area contributed by atoms with E-state index in [2.05, 4.69) is 25.6 Å². The van der Waals surface area contributed by atoms with Crippen molar-refractivity contribution >= 4 is 23.2 Å². The number of nitrogens with zero attached hydrogens (tertiary/aromatic N) is 3. The number of aromatic nitrogens is 3. The van der Waals surface area contributed by atoms with Crippen LogP contribution in [0.4, 0.5) is 17.3 Å². The number of nitrogens with one attached hydrogen (secondary N) is 2. The molecule has 2 bridgehead atoms. The summed E-state index contributed by atoms with van der Waals surface area (Å²) in [7, 11) is 0. The first-order valence-corrected chi connectivity index (χ1v) is 10.2. The van der Waals surface area contributed by atoms with Gasteiger partial charge in [0.25, 0.3) is 0 Å². The Labute approximate surface area is 174 Å². The number of fused-ring (bicyclic) bond motifs is 2. The van der Waals surface area contributed by atoms with Gasteiger partial charge in [0.15, 0.2) is 0 Å². The first-order chi connectivity index (χ1) is 14.7. The highest BCUT2D eigenvalue weighted by molar-refractivity contribution is 5.94. The van der Waals surface area contributed by atoms with E-state index in [1.807, 2.05) is 43.3 Å². The molecule has 5 rings (SSSR count). The van der Waals surface area contributed by atoms with Gasteiger partial charge in [-0.3, -0.25) is 9.78 Å². The molecule has 7 heteroatoms. The Balaban J connectivity index is 1.32. The molecule has 3 aromatic rings. The standard InChI is InChI=1S/C23H23N5O2/c1-14-4-5-16(26-22(29)18-12-17-6-7-21(18)30-17)11-20(14)28-23-25-10-8-19(27-23)15-3-2-9-24-13-15/h2-5,8-11,13,17-18,21H,6-7,12H2,1H3,(H,26,29)(H,25,27,28)/t17-,18-,21+/m1/s1. The van der Waals surface area contributed by atoms with Crippen LogP contribution in [0.3, 0.4) is 0 Å². The molecule has 0 radical (unpaired) electrons. The molecule has 0 spiro atoms. The van der Waals surface area contributed by atoms with Crippen LogP contribution in [0, 0.1) is 12.8 Å². The zero-order chi connectivity index (χ0) is 20.5. The quantitative estimate of drug-likeness (QED) is 0.669. The van der Waals surface area contributed by atoms with Crippen molar-refractivity contribution in [3.05, 3.63) is 60.6 Å². The molecule has 152 valence electrons. The van der Waals surface area contributed by atoms with Crippen molar-refractivity contribution in [3.8, 4) is 11.3 Å². The fraction of sp³-hybridized carbons (Fsp3) is 0.304. The molecule has 2 aliphatic rings. The Kier molecular flexibility index (Phi) is 4.88. The molecular weight excluding hydrogens is 378 g/mol. The van der Waals surface area contributed by atoms with Crippen LogP contribution in [0.5, 0.6) is 0 Å². The topological polar surface area (TPSA) is 89.0 Å². The van der Waals surface area contributed by atoms with Crippen LogP contribution in [-0.4, -0.2) is 33.1 Å². The van der Waals surface area contributed by atoms with Gasteiger partial charge in [-0.25, -0.2) is 9.97 Å². The van der Waals surface area contributed by atoms with Gasteiger partial charge in [-0.15, -0.1) is 0 Å². The van der Waals surface area contributed by atoms with Gasteiger partial charge in [0.2, 0.25) is 11.9 Å². The third kappa shape index (κ3) is 3.76. The Morgan fingerprint density at radius 2 is 2.10 bits per heavy atom. The largest absolute Gasteiger partial charge is 0.374 e. The van der Waals surface area contributed by atoms with Gasteiger partial charge in [0.05, 0.1) is 23.8 Å². The van der Waals surface area contributed by atoms with Crippen LogP contribution in [0.25, 0.3) is 11.3 Å². The Hall–Kier alpha value is -3.32. The number of carbonyl (C=O) groups is 1. The first kappa shape index (κ1) is 18.7. The van der Waals surface area contributed by atoms with Crippen LogP contribution < -0.4 is 10.6 Å². The minimum atomic E-state index is -0.0547. The number of amides is 1. The van der Waals surface area contributed by atoms with Crippen molar-refractivity contribution < 1.29 is 9.53 Å². The number of carbonyl (C=O) groups excluding carboxylic acids is 1. The number of benzene rings is 1. The van der Waals surface area contributed by atoms with Crippen molar-refractivity contribution in [2.24, 2.45) is 5.92 Å². The summed E-state index contributed by atoms with van der Waals surface area (Å²) in [6, 6.07) is 11.5. The fourth-order valence-corrected chi connectivity index (χ4v) is 4.20. The Bertz CT molecular complexity index is 1070. The second-order valence-electron chi connectivity index (χ2n) is 7.87. The summed E-state index contributed by atoms with van der Waals surface area (Å²) in [4.78, 5) is 25.8. The molecular formula is C23H23N5O2. The van der Waals surface area contributed by atoms with E-state index in [9.17, 15) is 4.79 Å². The van der Waals surface area contributed by atoms with E-state index in [0.717, 1.165) is 47.5 Å². The zero-order valence-corrected chi connectivity index (χ0v) is 16.7. The molecule has 3 atom stereocenters. The molecule has 2 saturated heterocycles. The Morgan fingerprint density at radius 3 is 2.87 bits per heavy atom. The number of hydrogen-bond donors (Lipinski definition) is 2. The summed E-state index contributed by atoms with van der Waals surface area (Å²) in [5, 5.41) is 6.33. The number of ether oxygens (including phenoxy) is 1. The molecule has 4 heterocycles. The minimum Gasteiger partial charge on any atom is -0.374 e. The van der Waals surface area contributed by atoms with Crippen molar-refractivity contribution in [1.82, 2.24) is 15.0 Å². The first-order valence-electron chi connectivity index (χ1n) is 10.2. The van der Waals surface area contributed by atoms with E-state index in [4.69, 9.17) is 4.74 Å². The summed E-state index contributed by atoms with van der Waals surface area (Å²) in [5.41, 5.74) is 4.35. The molecule has 2 N–H and O–H groups in total. The molecule has 0 unspecified atom stereocenters. The third-order valence-corrected chi connectivity index (χ3v) is 5.81. The zero-order valence-electron chi connectivity index (χ0n) is 16.7. The van der Waals surface area contributed by atoms with Crippen molar-refractivity contribution in [2.45, 2.75) is 38.4 Å². The van der Waals surface area contributed by atoms with Crippen LogP contribution in [0.15, 0.2) is 55.0 Å². The SMILES string of the molecule is Cc1ccc(NC(=O)[C@@H]2C[C@H]3CC[C@@H]2O3)cc1Nc1nccc(-c2cccnc2)n1. The maximum Gasteiger partial charge on any atom is 0.230 e. The van der Waals surface area contributed by atoms with Gasteiger partial charge in [-0.05, 0) is 62.1 Å². The van der Waals surface area contributed by atoms with Crippen molar-refractivity contribution in [2.75, 3.05) is 10.6 Å². The van der Waals surface area contributed by atoms with E-state index in [0.29, 0.717) is 5.95 Å². The average molecular weight is 401 g/mol. The lowest BCUT2D eigenvalue weighted by Crippen LogP contribution is -2.30. The van der Waals surface area contributed by atoms with Gasteiger partial charge < -0.3 is 15.4 Å². The molecule has 1 amide bonds. The van der Waals surface area contributed by atoms with E-state index in [1.54, 1.807) is 18.6 Å².